The van der Waals surface area contributed by atoms with Gasteiger partial charge in [-0.3, -0.25) is 4.99 Å². The number of aromatic hydroxyl groups is 1. The van der Waals surface area contributed by atoms with Crippen molar-refractivity contribution in [1.82, 2.24) is 9.97 Å². The Hall–Kier alpha value is -2.83. The van der Waals surface area contributed by atoms with Gasteiger partial charge in [0.1, 0.15) is 0 Å². The highest BCUT2D eigenvalue weighted by atomic mass is 16.5. The van der Waals surface area contributed by atoms with E-state index in [0.29, 0.717) is 17.0 Å². The zero-order valence-electron chi connectivity index (χ0n) is 11.4. The molecule has 7 nitrogen and oxygen atoms in total. The lowest BCUT2D eigenvalue weighted by atomic mass is 10.1. The number of carboxylic acids is 1. The molecule has 1 aromatic heterocycles. The van der Waals surface area contributed by atoms with E-state index in [1.165, 1.54) is 19.7 Å². The normalized spacial score (nSPS) is 12.4. The Balaban J connectivity index is 2.18. The number of carboxylic acid groups (broad SMARTS) is 1. The smallest absolute Gasteiger partial charge is 0.328 e. The van der Waals surface area contributed by atoms with Crippen molar-refractivity contribution in [2.45, 2.75) is 12.5 Å². The SMILES string of the molecule is COc1cccc(C=N[C@@H](Cc2c[nH]cn2)C(=O)O)c1O. The summed E-state index contributed by atoms with van der Waals surface area (Å²) < 4.78 is 4.98. The molecule has 0 aliphatic carbocycles. The Morgan fingerprint density at radius 1 is 1.57 bits per heavy atom. The van der Waals surface area contributed by atoms with E-state index in [1.807, 2.05) is 0 Å². The number of H-pyrrole nitrogens is 1. The van der Waals surface area contributed by atoms with Crippen LogP contribution < -0.4 is 4.74 Å². The van der Waals surface area contributed by atoms with Crippen molar-refractivity contribution in [3.63, 3.8) is 0 Å². The average molecular weight is 289 g/mol. The molecule has 0 aliphatic heterocycles. The first-order chi connectivity index (χ1) is 10.1. The second-order valence-electron chi connectivity index (χ2n) is 4.29. The molecule has 0 saturated carbocycles. The molecule has 0 spiro atoms. The van der Waals surface area contributed by atoms with Crippen LogP contribution in [-0.4, -0.2) is 45.5 Å². The second kappa shape index (κ2) is 6.56. The molecule has 0 amide bonds. The largest absolute Gasteiger partial charge is 0.504 e. The Morgan fingerprint density at radius 3 is 3.00 bits per heavy atom. The van der Waals surface area contributed by atoms with Crippen LogP contribution in [0.2, 0.25) is 0 Å². The second-order valence-corrected chi connectivity index (χ2v) is 4.29. The molecule has 0 radical (unpaired) electrons. The number of hydrogen-bond acceptors (Lipinski definition) is 5. The maximum Gasteiger partial charge on any atom is 0.328 e. The van der Waals surface area contributed by atoms with Gasteiger partial charge in [0, 0.05) is 24.4 Å². The van der Waals surface area contributed by atoms with Crippen LogP contribution in [0.4, 0.5) is 0 Å². The molecule has 7 heteroatoms. The van der Waals surface area contributed by atoms with Gasteiger partial charge in [-0.1, -0.05) is 6.07 Å². The molecule has 21 heavy (non-hydrogen) atoms. The van der Waals surface area contributed by atoms with Gasteiger partial charge in [0.15, 0.2) is 17.5 Å². The van der Waals surface area contributed by atoms with Gasteiger partial charge in [-0.15, -0.1) is 0 Å². The number of rotatable bonds is 6. The predicted molar refractivity (Wildman–Crippen MR) is 76.0 cm³/mol. The van der Waals surface area contributed by atoms with E-state index < -0.39 is 12.0 Å². The first-order valence-corrected chi connectivity index (χ1v) is 6.21. The van der Waals surface area contributed by atoms with Gasteiger partial charge in [0.25, 0.3) is 0 Å². The third-order valence-electron chi connectivity index (χ3n) is 2.89. The third-order valence-corrected chi connectivity index (χ3v) is 2.89. The molecule has 0 bridgehead atoms. The first kappa shape index (κ1) is 14.6. The lowest BCUT2D eigenvalue weighted by Crippen LogP contribution is -2.21. The minimum absolute atomic E-state index is 0.0762. The first-order valence-electron chi connectivity index (χ1n) is 6.21. The van der Waals surface area contributed by atoms with E-state index in [1.54, 1.807) is 24.4 Å². The maximum absolute atomic E-state index is 11.2. The fourth-order valence-corrected chi connectivity index (χ4v) is 1.78. The lowest BCUT2D eigenvalue weighted by Gasteiger charge is -2.07. The summed E-state index contributed by atoms with van der Waals surface area (Å²) in [5.41, 5.74) is 0.997. The number of aliphatic imine (C=N–C) groups is 1. The van der Waals surface area contributed by atoms with Crippen LogP contribution in [0, 0.1) is 0 Å². The number of phenols is 1. The van der Waals surface area contributed by atoms with Crippen molar-refractivity contribution in [3.8, 4) is 11.5 Å². The molecule has 1 atom stereocenters. The zero-order chi connectivity index (χ0) is 15.2. The Labute approximate surface area is 121 Å². The number of nitrogens with one attached hydrogen (secondary N) is 1. The van der Waals surface area contributed by atoms with E-state index in [4.69, 9.17) is 4.74 Å². The van der Waals surface area contributed by atoms with Crippen LogP contribution >= 0.6 is 0 Å². The summed E-state index contributed by atoms with van der Waals surface area (Å²) >= 11 is 0. The zero-order valence-corrected chi connectivity index (χ0v) is 11.4. The average Bonchev–Trinajstić information content (AvgIpc) is 2.97. The highest BCUT2D eigenvalue weighted by Gasteiger charge is 2.17. The Morgan fingerprint density at radius 2 is 2.38 bits per heavy atom. The molecule has 1 heterocycles. The van der Waals surface area contributed by atoms with Crippen LogP contribution in [-0.2, 0) is 11.2 Å². The molecule has 0 aliphatic rings. The van der Waals surface area contributed by atoms with Crippen molar-refractivity contribution < 1.29 is 19.7 Å². The summed E-state index contributed by atoms with van der Waals surface area (Å²) in [7, 11) is 1.44. The van der Waals surface area contributed by atoms with Crippen LogP contribution in [0.1, 0.15) is 11.3 Å². The summed E-state index contributed by atoms with van der Waals surface area (Å²) in [6.45, 7) is 0. The van der Waals surface area contributed by atoms with Crippen LogP contribution in [0.5, 0.6) is 11.5 Å². The van der Waals surface area contributed by atoms with Crippen LogP contribution in [0.25, 0.3) is 0 Å². The van der Waals surface area contributed by atoms with Crippen molar-refractivity contribution >= 4 is 12.2 Å². The molecule has 0 saturated heterocycles. The van der Waals surface area contributed by atoms with Crippen molar-refractivity contribution in [2.75, 3.05) is 7.11 Å². The number of aromatic amines is 1. The number of methoxy groups -OCH3 is 1. The number of aliphatic carboxylic acids is 1. The minimum atomic E-state index is -1.06. The predicted octanol–water partition coefficient (Wildman–Crippen LogP) is 1.24. The van der Waals surface area contributed by atoms with E-state index in [0.717, 1.165) is 0 Å². The number of aromatic nitrogens is 2. The standard InChI is InChI=1S/C14H15N3O4/c1-21-12-4-2-3-9(13(12)18)6-16-11(14(19)20)5-10-7-15-8-17-10/h2-4,6-8,11,18H,5H2,1H3,(H,15,17)(H,19,20)/t11-/m0/s1. The number of imidazole rings is 1. The van der Waals surface area contributed by atoms with Gasteiger partial charge >= 0.3 is 5.97 Å². The summed E-state index contributed by atoms with van der Waals surface area (Å²) in [5.74, 6) is -0.831. The van der Waals surface area contributed by atoms with Crippen molar-refractivity contribution in [2.24, 2.45) is 4.99 Å². The lowest BCUT2D eigenvalue weighted by molar-refractivity contribution is -0.138. The topological polar surface area (TPSA) is 108 Å². The van der Waals surface area contributed by atoms with E-state index in [9.17, 15) is 15.0 Å². The van der Waals surface area contributed by atoms with Crippen molar-refractivity contribution in [3.05, 3.63) is 42.0 Å². The van der Waals surface area contributed by atoms with Gasteiger partial charge in [0.05, 0.1) is 19.1 Å². The number of para-hydroxylation sites is 1. The van der Waals surface area contributed by atoms with E-state index in [-0.39, 0.29) is 12.2 Å². The fraction of sp³-hybridized carbons (Fsp3) is 0.214. The molecule has 2 aromatic rings. The summed E-state index contributed by atoms with van der Waals surface area (Å²) in [5, 5.41) is 19.1. The molecule has 1 aromatic carbocycles. The third kappa shape index (κ3) is 3.59. The van der Waals surface area contributed by atoms with Gasteiger partial charge in [0.2, 0.25) is 0 Å². The van der Waals surface area contributed by atoms with E-state index >= 15 is 0 Å². The van der Waals surface area contributed by atoms with Crippen molar-refractivity contribution in [1.29, 1.82) is 0 Å². The van der Waals surface area contributed by atoms with E-state index in [2.05, 4.69) is 15.0 Å². The number of phenolic OH excluding ortho intramolecular Hbond substituents is 1. The highest BCUT2D eigenvalue weighted by Crippen LogP contribution is 2.28. The van der Waals surface area contributed by atoms with Crippen LogP contribution in [0.15, 0.2) is 35.7 Å². The monoisotopic (exact) mass is 289 g/mol. The van der Waals surface area contributed by atoms with Gasteiger partial charge in [-0.25, -0.2) is 9.78 Å². The number of carbonyl (C=O) groups is 1. The molecular formula is C14H15N3O4. The number of nitrogens with zero attached hydrogens (tertiary/aromatic N) is 2. The molecule has 3 N–H and O–H groups in total. The van der Waals surface area contributed by atoms with Gasteiger partial charge < -0.3 is 19.9 Å². The molecule has 0 fully saturated rings. The Kier molecular flexibility index (Phi) is 4.55. The highest BCUT2D eigenvalue weighted by molar-refractivity contribution is 5.87. The van der Waals surface area contributed by atoms with Crippen LogP contribution in [0.3, 0.4) is 0 Å². The quantitative estimate of drug-likeness (QED) is 0.693. The Bertz CT molecular complexity index is 638. The molecule has 110 valence electrons. The number of benzene rings is 1. The molecular weight excluding hydrogens is 274 g/mol. The van der Waals surface area contributed by atoms with Gasteiger partial charge in [-0.2, -0.15) is 0 Å². The number of ether oxygens (including phenoxy) is 1. The maximum atomic E-state index is 11.2. The molecule has 0 unspecified atom stereocenters. The fourth-order valence-electron chi connectivity index (χ4n) is 1.78. The number of hydrogen-bond donors (Lipinski definition) is 3. The molecule has 2 rings (SSSR count). The summed E-state index contributed by atoms with van der Waals surface area (Å²) in [4.78, 5) is 22.0. The minimum Gasteiger partial charge on any atom is -0.504 e. The summed E-state index contributed by atoms with van der Waals surface area (Å²) in [6.07, 6.45) is 4.59. The van der Waals surface area contributed by atoms with Gasteiger partial charge in [-0.05, 0) is 12.1 Å². The summed E-state index contributed by atoms with van der Waals surface area (Å²) in [6, 6.07) is 3.93.